The maximum Gasteiger partial charge on any atom is 0.414 e. The Bertz CT molecular complexity index is 835. The third-order valence-electron chi connectivity index (χ3n) is 3.70. The van der Waals surface area contributed by atoms with Gasteiger partial charge in [0.15, 0.2) is 0 Å². The van der Waals surface area contributed by atoms with Gasteiger partial charge in [0.25, 0.3) is 0 Å². The van der Waals surface area contributed by atoms with Gasteiger partial charge in [-0.2, -0.15) is 0 Å². The molecule has 1 atom stereocenters. The van der Waals surface area contributed by atoms with Crippen LogP contribution >= 0.6 is 0 Å². The molecule has 0 radical (unpaired) electrons. The third-order valence-corrected chi connectivity index (χ3v) is 3.70. The van der Waals surface area contributed by atoms with E-state index in [1.165, 1.54) is 0 Å². The van der Waals surface area contributed by atoms with Gasteiger partial charge in [-0.1, -0.05) is 26.0 Å². The predicted octanol–water partition coefficient (Wildman–Crippen LogP) is 0.175. The lowest BCUT2D eigenvalue weighted by Gasteiger charge is -2.14. The van der Waals surface area contributed by atoms with E-state index in [1.54, 1.807) is 12.5 Å². The normalized spacial score (nSPS) is 10.7. The Morgan fingerprint density at radius 3 is 1.91 bits per heavy atom. The number of ether oxygens (including phenoxy) is 1. The number of hydrogen-bond acceptors (Lipinski definition) is 8. The van der Waals surface area contributed by atoms with Crippen LogP contribution in [-0.2, 0) is 32.1 Å². The van der Waals surface area contributed by atoms with Gasteiger partial charge in [-0.15, -0.1) is 0 Å². The van der Waals surface area contributed by atoms with Crippen molar-refractivity contribution in [2.45, 2.75) is 39.0 Å². The predicted molar refractivity (Wildman–Crippen MR) is 118 cm³/mol. The summed E-state index contributed by atoms with van der Waals surface area (Å²) in [5.74, 6) is -6.45. The summed E-state index contributed by atoms with van der Waals surface area (Å²) >= 11 is 0. The molecule has 0 bridgehead atoms. The molecule has 0 fully saturated rings. The highest BCUT2D eigenvalue weighted by molar-refractivity contribution is 6.27. The number of rotatable bonds is 9. The molecule has 0 aliphatic carbocycles. The Kier molecular flexibility index (Phi) is 14.7. The number of hydrogen-bond donors (Lipinski definition) is 6. The van der Waals surface area contributed by atoms with Gasteiger partial charge in [0, 0.05) is 25.0 Å². The lowest BCUT2D eigenvalue weighted by atomic mass is 10.1. The monoisotopic (exact) mass is 483 g/mol. The summed E-state index contributed by atoms with van der Waals surface area (Å²) in [5.41, 5.74) is 1.11. The second-order valence-electron chi connectivity index (χ2n) is 6.93. The van der Waals surface area contributed by atoms with Crippen molar-refractivity contribution in [1.29, 1.82) is 0 Å². The van der Waals surface area contributed by atoms with Crippen LogP contribution in [-0.4, -0.2) is 84.3 Å². The molecule has 1 heterocycles. The molecule has 0 spiro atoms. The lowest BCUT2D eigenvalue weighted by Crippen LogP contribution is -2.32. The SMILES string of the molecule is CC(C)NCC(O)Cc1ccc(OCCn2ccnc2)cc1.O=C(O)C(=O)O.O=C(O)C(=O)O. The maximum absolute atomic E-state index is 9.97. The average molecular weight is 483 g/mol. The van der Waals surface area contributed by atoms with E-state index in [-0.39, 0.29) is 6.10 Å². The fraction of sp³-hybridized carbons (Fsp3) is 0.381. The van der Waals surface area contributed by atoms with Gasteiger partial charge < -0.3 is 40.2 Å². The molecule has 6 N–H and O–H groups in total. The molecule has 0 amide bonds. The van der Waals surface area contributed by atoms with E-state index in [0.717, 1.165) is 17.9 Å². The zero-order valence-electron chi connectivity index (χ0n) is 18.7. The first-order chi connectivity index (χ1) is 15.9. The highest BCUT2D eigenvalue weighted by Gasteiger charge is 2.07. The van der Waals surface area contributed by atoms with Crippen LogP contribution in [0, 0.1) is 0 Å². The van der Waals surface area contributed by atoms with E-state index >= 15 is 0 Å². The zero-order valence-corrected chi connectivity index (χ0v) is 18.7. The van der Waals surface area contributed by atoms with Gasteiger partial charge >= 0.3 is 23.9 Å². The Labute approximate surface area is 195 Å². The van der Waals surface area contributed by atoms with Crippen LogP contribution in [0.25, 0.3) is 0 Å². The second kappa shape index (κ2) is 16.6. The summed E-state index contributed by atoms with van der Waals surface area (Å²) in [6.45, 7) is 6.14. The topological polar surface area (TPSA) is 209 Å². The van der Waals surface area contributed by atoms with Crippen molar-refractivity contribution in [3.8, 4) is 5.75 Å². The number of aliphatic carboxylic acids is 4. The van der Waals surface area contributed by atoms with Crippen LogP contribution in [0.1, 0.15) is 19.4 Å². The van der Waals surface area contributed by atoms with Crippen molar-refractivity contribution in [3.63, 3.8) is 0 Å². The molecular formula is C21H29N3O10. The van der Waals surface area contributed by atoms with Gasteiger partial charge in [0.2, 0.25) is 0 Å². The average Bonchev–Trinajstić information content (AvgIpc) is 3.28. The fourth-order valence-electron chi connectivity index (χ4n) is 2.13. The summed E-state index contributed by atoms with van der Waals surface area (Å²) in [7, 11) is 0. The van der Waals surface area contributed by atoms with Crippen molar-refractivity contribution in [2.24, 2.45) is 0 Å². The molecule has 1 aromatic heterocycles. The summed E-state index contributed by atoms with van der Waals surface area (Å²) < 4.78 is 7.67. The van der Waals surface area contributed by atoms with Crippen molar-refractivity contribution >= 4 is 23.9 Å². The van der Waals surface area contributed by atoms with Crippen LogP contribution in [0.3, 0.4) is 0 Å². The van der Waals surface area contributed by atoms with E-state index in [2.05, 4.69) is 24.1 Å². The number of imidazole rings is 1. The minimum Gasteiger partial charge on any atom is -0.492 e. The molecule has 13 nitrogen and oxygen atoms in total. The quantitative estimate of drug-likeness (QED) is 0.264. The molecule has 0 saturated heterocycles. The lowest BCUT2D eigenvalue weighted by molar-refractivity contribution is -0.159. The maximum atomic E-state index is 9.97. The summed E-state index contributed by atoms with van der Waals surface area (Å²) in [6, 6.07) is 8.30. The number of aliphatic hydroxyl groups is 1. The van der Waals surface area contributed by atoms with Crippen molar-refractivity contribution in [1.82, 2.24) is 14.9 Å². The molecule has 1 unspecified atom stereocenters. The van der Waals surface area contributed by atoms with E-state index < -0.39 is 23.9 Å². The Hall–Kier alpha value is -3.97. The number of aromatic nitrogens is 2. The second-order valence-corrected chi connectivity index (χ2v) is 6.93. The van der Waals surface area contributed by atoms with Gasteiger partial charge in [-0.3, -0.25) is 0 Å². The number of carbonyl (C=O) groups is 4. The van der Waals surface area contributed by atoms with E-state index in [0.29, 0.717) is 25.6 Å². The molecule has 0 aliphatic rings. The molecule has 34 heavy (non-hydrogen) atoms. The first-order valence-electron chi connectivity index (χ1n) is 9.93. The number of aliphatic hydroxyl groups excluding tert-OH is 1. The minimum atomic E-state index is -1.82. The third kappa shape index (κ3) is 15.8. The van der Waals surface area contributed by atoms with E-state index in [4.69, 9.17) is 44.3 Å². The van der Waals surface area contributed by atoms with Crippen LogP contribution in [0.15, 0.2) is 43.0 Å². The van der Waals surface area contributed by atoms with Gasteiger partial charge in [0.1, 0.15) is 12.4 Å². The van der Waals surface area contributed by atoms with E-state index in [1.807, 2.05) is 35.0 Å². The van der Waals surface area contributed by atoms with Crippen molar-refractivity contribution in [2.75, 3.05) is 13.2 Å². The largest absolute Gasteiger partial charge is 0.492 e. The van der Waals surface area contributed by atoms with Crippen LogP contribution in [0.4, 0.5) is 0 Å². The number of nitrogens with one attached hydrogen (secondary N) is 1. The number of nitrogens with zero attached hydrogens (tertiary/aromatic N) is 2. The van der Waals surface area contributed by atoms with Crippen LogP contribution in [0.2, 0.25) is 0 Å². The van der Waals surface area contributed by atoms with Crippen molar-refractivity contribution < 1.29 is 49.4 Å². The smallest absolute Gasteiger partial charge is 0.414 e. The summed E-state index contributed by atoms with van der Waals surface area (Å²) in [4.78, 5) is 40.4. The van der Waals surface area contributed by atoms with E-state index in [9.17, 15) is 5.11 Å². The number of benzene rings is 1. The molecule has 0 saturated carbocycles. The fourth-order valence-corrected chi connectivity index (χ4v) is 2.13. The van der Waals surface area contributed by atoms with Crippen molar-refractivity contribution in [3.05, 3.63) is 48.5 Å². The molecule has 188 valence electrons. The number of carboxylic acid groups (broad SMARTS) is 4. The first-order valence-corrected chi connectivity index (χ1v) is 9.93. The standard InChI is InChI=1S/C17H25N3O2.2C2H2O4/c1-14(2)19-12-16(21)11-15-3-5-17(6-4-15)22-10-9-20-8-7-18-13-20;2*3-1(4)2(5)6/h3-8,13-14,16,19,21H,9-12H2,1-2H3;2*(H,3,4)(H,5,6). The molecule has 1 aromatic carbocycles. The summed E-state index contributed by atoms with van der Waals surface area (Å²) in [5, 5.41) is 42.8. The highest BCUT2D eigenvalue weighted by Crippen LogP contribution is 2.13. The van der Waals surface area contributed by atoms with Gasteiger partial charge in [-0.25, -0.2) is 24.2 Å². The van der Waals surface area contributed by atoms with Crippen LogP contribution < -0.4 is 10.1 Å². The highest BCUT2D eigenvalue weighted by atomic mass is 16.5. The minimum absolute atomic E-state index is 0.365. The Balaban J connectivity index is 0.000000750. The molecule has 0 aliphatic heterocycles. The zero-order chi connectivity index (χ0) is 26.1. The number of carboxylic acids is 4. The Morgan fingerprint density at radius 2 is 1.50 bits per heavy atom. The molecule has 2 rings (SSSR count). The summed E-state index contributed by atoms with van der Waals surface area (Å²) in [6.07, 6.45) is 5.73. The first kappa shape index (κ1) is 30.0. The van der Waals surface area contributed by atoms with Gasteiger partial charge in [0.05, 0.1) is 19.0 Å². The van der Waals surface area contributed by atoms with Gasteiger partial charge in [-0.05, 0) is 24.1 Å². The molecule has 13 heteroatoms. The molecule has 2 aromatic rings. The Morgan fingerprint density at radius 1 is 0.971 bits per heavy atom. The van der Waals surface area contributed by atoms with Crippen LogP contribution in [0.5, 0.6) is 5.75 Å². The molecular weight excluding hydrogens is 454 g/mol.